The first kappa shape index (κ1) is 16.1. The van der Waals surface area contributed by atoms with Crippen LogP contribution >= 0.6 is 0 Å². The molecule has 0 heterocycles. The number of carbonyl (C=O) groups is 1. The summed E-state index contributed by atoms with van der Waals surface area (Å²) in [4.78, 5) is 12.0. The van der Waals surface area contributed by atoms with Gasteiger partial charge >= 0.3 is 0 Å². The van der Waals surface area contributed by atoms with E-state index in [2.05, 4.69) is 5.32 Å². The van der Waals surface area contributed by atoms with Gasteiger partial charge in [-0.1, -0.05) is 6.92 Å². The van der Waals surface area contributed by atoms with Crippen molar-refractivity contribution >= 4 is 21.4 Å². The topological polar surface area (TPSA) is 63.2 Å². The summed E-state index contributed by atoms with van der Waals surface area (Å²) < 4.78 is 49.9. The molecule has 0 saturated carbocycles. The maximum absolute atomic E-state index is 13.5. The standard InChI is InChI=1S/C15H13F2NO3S/c1-2-22(20,21)12-6-4-11(5-7-12)18-15(19)13-9-10(16)3-8-14(13)17/h3-9H,2H2,1H3,(H,18,19). The molecular formula is C15H13F2NO3S. The second-order valence-electron chi connectivity index (χ2n) is 4.51. The van der Waals surface area contributed by atoms with Gasteiger partial charge in [0.2, 0.25) is 0 Å². The van der Waals surface area contributed by atoms with Gasteiger partial charge in [0.15, 0.2) is 9.84 Å². The second kappa shape index (κ2) is 6.23. The van der Waals surface area contributed by atoms with Crippen LogP contribution in [0.2, 0.25) is 0 Å². The molecule has 0 bridgehead atoms. The Morgan fingerprint density at radius 1 is 1.09 bits per heavy atom. The molecule has 0 saturated heterocycles. The lowest BCUT2D eigenvalue weighted by Gasteiger charge is -2.07. The number of hydrogen-bond donors (Lipinski definition) is 1. The first-order valence-corrected chi connectivity index (χ1v) is 8.08. The molecule has 116 valence electrons. The van der Waals surface area contributed by atoms with Crippen molar-refractivity contribution in [1.82, 2.24) is 0 Å². The summed E-state index contributed by atoms with van der Waals surface area (Å²) in [6, 6.07) is 8.03. The zero-order chi connectivity index (χ0) is 16.3. The molecule has 2 rings (SSSR count). The number of nitrogens with one attached hydrogen (secondary N) is 1. The average molecular weight is 325 g/mol. The van der Waals surface area contributed by atoms with Crippen molar-refractivity contribution in [3.8, 4) is 0 Å². The number of halogens is 2. The molecule has 0 radical (unpaired) electrons. The van der Waals surface area contributed by atoms with Crippen LogP contribution in [0.1, 0.15) is 17.3 Å². The van der Waals surface area contributed by atoms with Gasteiger partial charge < -0.3 is 5.32 Å². The van der Waals surface area contributed by atoms with E-state index in [0.29, 0.717) is 0 Å². The van der Waals surface area contributed by atoms with Gasteiger partial charge in [-0.15, -0.1) is 0 Å². The van der Waals surface area contributed by atoms with Crippen LogP contribution in [0.15, 0.2) is 47.4 Å². The Labute approximate surface area is 126 Å². The van der Waals surface area contributed by atoms with Crippen LogP contribution in [0.3, 0.4) is 0 Å². The van der Waals surface area contributed by atoms with Gasteiger partial charge in [0.25, 0.3) is 5.91 Å². The zero-order valence-electron chi connectivity index (χ0n) is 11.6. The molecule has 2 aromatic rings. The van der Waals surface area contributed by atoms with Crippen LogP contribution < -0.4 is 5.32 Å². The molecule has 0 spiro atoms. The van der Waals surface area contributed by atoms with Crippen molar-refractivity contribution in [2.45, 2.75) is 11.8 Å². The van der Waals surface area contributed by atoms with Gasteiger partial charge in [-0.3, -0.25) is 4.79 Å². The van der Waals surface area contributed by atoms with Gasteiger partial charge in [0, 0.05) is 5.69 Å². The number of hydrogen-bond acceptors (Lipinski definition) is 3. The molecule has 2 aromatic carbocycles. The molecule has 7 heteroatoms. The summed E-state index contributed by atoms with van der Waals surface area (Å²) in [6.07, 6.45) is 0. The fraction of sp³-hybridized carbons (Fsp3) is 0.133. The average Bonchev–Trinajstić information content (AvgIpc) is 2.50. The first-order valence-electron chi connectivity index (χ1n) is 6.42. The lowest BCUT2D eigenvalue weighted by molar-refractivity contribution is 0.102. The first-order chi connectivity index (χ1) is 10.3. The molecule has 0 aromatic heterocycles. The second-order valence-corrected chi connectivity index (χ2v) is 6.78. The predicted molar refractivity (Wildman–Crippen MR) is 78.5 cm³/mol. The molecule has 0 aliphatic carbocycles. The maximum Gasteiger partial charge on any atom is 0.258 e. The van der Waals surface area contributed by atoms with Crippen molar-refractivity contribution < 1.29 is 22.0 Å². The van der Waals surface area contributed by atoms with Crippen LogP contribution in [0.5, 0.6) is 0 Å². The van der Waals surface area contributed by atoms with Crippen molar-refractivity contribution in [1.29, 1.82) is 0 Å². The summed E-state index contributed by atoms with van der Waals surface area (Å²) in [6.45, 7) is 1.53. The lowest BCUT2D eigenvalue weighted by atomic mass is 10.2. The summed E-state index contributed by atoms with van der Waals surface area (Å²) in [5.41, 5.74) is -0.144. The Kier molecular flexibility index (Phi) is 4.56. The number of amides is 1. The Bertz CT molecular complexity index is 802. The third kappa shape index (κ3) is 3.48. The van der Waals surface area contributed by atoms with Crippen LogP contribution in [0, 0.1) is 11.6 Å². The Morgan fingerprint density at radius 3 is 2.32 bits per heavy atom. The highest BCUT2D eigenvalue weighted by Crippen LogP contribution is 2.17. The molecule has 1 N–H and O–H groups in total. The zero-order valence-corrected chi connectivity index (χ0v) is 12.5. The predicted octanol–water partition coefficient (Wildman–Crippen LogP) is 3.01. The number of carbonyl (C=O) groups excluding carboxylic acids is 1. The van der Waals surface area contributed by atoms with E-state index in [9.17, 15) is 22.0 Å². The molecule has 0 aliphatic rings. The fourth-order valence-corrected chi connectivity index (χ4v) is 2.67. The van der Waals surface area contributed by atoms with Crippen molar-refractivity contribution in [2.75, 3.05) is 11.1 Å². The van der Waals surface area contributed by atoms with E-state index in [1.165, 1.54) is 31.2 Å². The van der Waals surface area contributed by atoms with Gasteiger partial charge in [0.1, 0.15) is 11.6 Å². The third-order valence-electron chi connectivity index (χ3n) is 3.02. The molecule has 0 fully saturated rings. The number of anilines is 1. The van der Waals surface area contributed by atoms with E-state index in [1.807, 2.05) is 0 Å². The molecule has 0 unspecified atom stereocenters. The van der Waals surface area contributed by atoms with E-state index in [-0.39, 0.29) is 16.3 Å². The molecule has 22 heavy (non-hydrogen) atoms. The summed E-state index contributed by atoms with van der Waals surface area (Å²) in [5.74, 6) is -2.42. The normalized spacial score (nSPS) is 11.2. The molecule has 0 aliphatic heterocycles. The molecular weight excluding hydrogens is 312 g/mol. The van der Waals surface area contributed by atoms with Crippen molar-refractivity contribution in [2.24, 2.45) is 0 Å². The largest absolute Gasteiger partial charge is 0.322 e. The SMILES string of the molecule is CCS(=O)(=O)c1ccc(NC(=O)c2cc(F)ccc2F)cc1. The highest BCUT2D eigenvalue weighted by molar-refractivity contribution is 7.91. The third-order valence-corrected chi connectivity index (χ3v) is 4.77. The highest BCUT2D eigenvalue weighted by Gasteiger charge is 2.14. The molecule has 1 amide bonds. The van der Waals surface area contributed by atoms with Crippen molar-refractivity contribution in [3.05, 3.63) is 59.7 Å². The fourth-order valence-electron chi connectivity index (χ4n) is 1.78. The number of sulfone groups is 1. The van der Waals surface area contributed by atoms with Gasteiger partial charge in [-0.25, -0.2) is 17.2 Å². The number of rotatable bonds is 4. The highest BCUT2D eigenvalue weighted by atomic mass is 32.2. The lowest BCUT2D eigenvalue weighted by Crippen LogP contribution is -2.14. The van der Waals surface area contributed by atoms with Crippen LogP contribution in [0.4, 0.5) is 14.5 Å². The number of benzene rings is 2. The maximum atomic E-state index is 13.5. The van der Waals surface area contributed by atoms with Gasteiger partial charge in [0.05, 0.1) is 16.2 Å². The summed E-state index contributed by atoms with van der Waals surface area (Å²) in [7, 11) is -3.33. The Hall–Kier alpha value is -2.28. The van der Waals surface area contributed by atoms with E-state index >= 15 is 0 Å². The minimum absolute atomic E-state index is 0.0345. The van der Waals surface area contributed by atoms with Crippen LogP contribution in [0.25, 0.3) is 0 Å². The summed E-state index contributed by atoms with van der Waals surface area (Å²) in [5, 5.41) is 2.38. The van der Waals surface area contributed by atoms with Crippen LogP contribution in [-0.4, -0.2) is 20.1 Å². The van der Waals surface area contributed by atoms with Crippen LogP contribution in [-0.2, 0) is 9.84 Å². The van der Waals surface area contributed by atoms with Crippen molar-refractivity contribution in [3.63, 3.8) is 0 Å². The van der Waals surface area contributed by atoms with Gasteiger partial charge in [-0.2, -0.15) is 0 Å². The van der Waals surface area contributed by atoms with Gasteiger partial charge in [-0.05, 0) is 42.5 Å². The monoisotopic (exact) mass is 325 g/mol. The van der Waals surface area contributed by atoms with E-state index in [1.54, 1.807) is 0 Å². The van der Waals surface area contributed by atoms with E-state index < -0.39 is 32.9 Å². The summed E-state index contributed by atoms with van der Waals surface area (Å²) >= 11 is 0. The molecule has 4 nitrogen and oxygen atoms in total. The van der Waals surface area contributed by atoms with E-state index in [4.69, 9.17) is 0 Å². The quantitative estimate of drug-likeness (QED) is 0.940. The smallest absolute Gasteiger partial charge is 0.258 e. The Morgan fingerprint density at radius 2 is 1.73 bits per heavy atom. The Balaban J connectivity index is 2.21. The minimum atomic E-state index is -3.33. The minimum Gasteiger partial charge on any atom is -0.322 e. The molecule has 0 atom stereocenters. The van der Waals surface area contributed by atoms with E-state index in [0.717, 1.165) is 18.2 Å².